The van der Waals surface area contributed by atoms with Gasteiger partial charge in [0.2, 0.25) is 0 Å². The van der Waals surface area contributed by atoms with E-state index >= 15 is 0 Å². The van der Waals surface area contributed by atoms with E-state index in [0.717, 1.165) is 25.2 Å². The molecule has 0 amide bonds. The average molecular weight is 262 g/mol. The minimum atomic E-state index is -0.383. The Morgan fingerprint density at radius 1 is 1.32 bits per heavy atom. The normalized spacial score (nSPS) is 19.8. The number of rotatable bonds is 4. The highest BCUT2D eigenvalue weighted by molar-refractivity contribution is 5.27. The van der Waals surface area contributed by atoms with Gasteiger partial charge in [0, 0.05) is 12.6 Å². The van der Waals surface area contributed by atoms with E-state index in [1.165, 1.54) is 18.4 Å². The summed E-state index contributed by atoms with van der Waals surface area (Å²) in [6.45, 7) is 5.11. The number of aliphatic hydroxyl groups is 1. The third kappa shape index (κ3) is 3.78. The Morgan fingerprint density at radius 3 is 2.58 bits per heavy atom. The Balaban J connectivity index is 1.91. The lowest BCUT2D eigenvalue weighted by Crippen LogP contribution is -2.43. The Morgan fingerprint density at radius 2 is 1.95 bits per heavy atom. The molecular weight excluding hydrogens is 236 g/mol. The van der Waals surface area contributed by atoms with E-state index in [1.807, 2.05) is 18.2 Å². The van der Waals surface area contributed by atoms with E-state index in [9.17, 15) is 5.11 Å². The summed E-state index contributed by atoms with van der Waals surface area (Å²) in [5, 5.41) is 10.4. The molecule has 0 saturated carbocycles. The Hall–Kier alpha value is -0.900. The molecule has 1 heterocycles. The number of aliphatic hydroxyl groups excluding tert-OH is 1. The molecule has 1 unspecified atom stereocenters. The van der Waals surface area contributed by atoms with Crippen LogP contribution in [0.5, 0.6) is 0 Å². The molecule has 19 heavy (non-hydrogen) atoms. The third-order valence-corrected chi connectivity index (χ3v) is 4.32. The summed E-state index contributed by atoms with van der Waals surface area (Å²) in [5.74, 6) is 0. The zero-order valence-electron chi connectivity index (χ0n) is 12.3. The van der Waals surface area contributed by atoms with Crippen molar-refractivity contribution in [2.45, 2.75) is 31.9 Å². The van der Waals surface area contributed by atoms with Crippen LogP contribution < -0.4 is 0 Å². The van der Waals surface area contributed by atoms with E-state index < -0.39 is 0 Å². The van der Waals surface area contributed by atoms with E-state index in [-0.39, 0.29) is 6.10 Å². The van der Waals surface area contributed by atoms with Crippen LogP contribution in [0.25, 0.3) is 0 Å². The molecule has 1 aromatic rings. The fourth-order valence-corrected chi connectivity index (χ4v) is 2.92. The predicted octanol–water partition coefficient (Wildman–Crippen LogP) is 2.05. The van der Waals surface area contributed by atoms with Gasteiger partial charge in [0.15, 0.2) is 0 Å². The molecule has 106 valence electrons. The predicted molar refractivity (Wildman–Crippen MR) is 79.3 cm³/mol. The first kappa shape index (κ1) is 14.5. The highest BCUT2D eigenvalue weighted by Gasteiger charge is 2.22. The van der Waals surface area contributed by atoms with Crippen LogP contribution in [-0.2, 0) is 0 Å². The highest BCUT2D eigenvalue weighted by Crippen LogP contribution is 2.21. The maximum absolute atomic E-state index is 10.4. The summed E-state index contributed by atoms with van der Waals surface area (Å²) in [5.41, 5.74) is 2.23. The molecular formula is C16H26N2O. The van der Waals surface area contributed by atoms with Gasteiger partial charge in [-0.25, -0.2) is 0 Å². The second-order valence-corrected chi connectivity index (χ2v) is 5.85. The number of likely N-dealkylation sites (tertiary alicyclic amines) is 1. The van der Waals surface area contributed by atoms with Gasteiger partial charge in [0.05, 0.1) is 6.10 Å². The van der Waals surface area contributed by atoms with Crippen LogP contribution in [-0.4, -0.2) is 54.7 Å². The van der Waals surface area contributed by atoms with Gasteiger partial charge in [-0.05, 0) is 58.1 Å². The molecule has 0 spiro atoms. The molecule has 1 aromatic carbocycles. The van der Waals surface area contributed by atoms with Crippen molar-refractivity contribution >= 4 is 0 Å². The van der Waals surface area contributed by atoms with Crippen molar-refractivity contribution < 1.29 is 5.11 Å². The van der Waals surface area contributed by atoms with E-state index in [0.29, 0.717) is 6.04 Å². The third-order valence-electron chi connectivity index (χ3n) is 4.32. The van der Waals surface area contributed by atoms with Gasteiger partial charge in [0.1, 0.15) is 0 Å². The van der Waals surface area contributed by atoms with E-state index in [2.05, 4.69) is 36.9 Å². The topological polar surface area (TPSA) is 26.7 Å². The van der Waals surface area contributed by atoms with Gasteiger partial charge >= 0.3 is 0 Å². The molecule has 0 aliphatic carbocycles. The highest BCUT2D eigenvalue weighted by atomic mass is 16.3. The van der Waals surface area contributed by atoms with Crippen LogP contribution in [0.15, 0.2) is 24.3 Å². The number of likely N-dealkylation sites (N-methyl/N-ethyl adjacent to an activating group) is 1. The van der Waals surface area contributed by atoms with Gasteiger partial charge in [-0.2, -0.15) is 0 Å². The molecule has 0 radical (unpaired) electrons. The van der Waals surface area contributed by atoms with Gasteiger partial charge in [-0.1, -0.05) is 24.3 Å². The molecule has 1 fully saturated rings. The summed E-state index contributed by atoms with van der Waals surface area (Å²) in [6, 6.07) is 8.72. The Bertz CT molecular complexity index is 399. The van der Waals surface area contributed by atoms with Crippen LogP contribution in [0.3, 0.4) is 0 Å². The van der Waals surface area contributed by atoms with Crippen LogP contribution in [0.1, 0.15) is 30.1 Å². The minimum absolute atomic E-state index is 0.383. The molecule has 0 bridgehead atoms. The van der Waals surface area contributed by atoms with Gasteiger partial charge in [-0.15, -0.1) is 0 Å². The zero-order chi connectivity index (χ0) is 13.8. The summed E-state index contributed by atoms with van der Waals surface area (Å²) in [4.78, 5) is 4.70. The number of hydrogen-bond donors (Lipinski definition) is 1. The smallest absolute Gasteiger partial charge is 0.0919 e. The quantitative estimate of drug-likeness (QED) is 0.899. The van der Waals surface area contributed by atoms with E-state index in [4.69, 9.17) is 0 Å². The molecule has 1 atom stereocenters. The monoisotopic (exact) mass is 262 g/mol. The van der Waals surface area contributed by atoms with Crippen molar-refractivity contribution in [3.63, 3.8) is 0 Å². The lowest BCUT2D eigenvalue weighted by molar-refractivity contribution is 0.0786. The number of piperidine rings is 1. The second-order valence-electron chi connectivity index (χ2n) is 5.85. The van der Waals surface area contributed by atoms with Crippen LogP contribution in [0.2, 0.25) is 0 Å². The molecule has 1 N–H and O–H groups in total. The van der Waals surface area contributed by atoms with Crippen molar-refractivity contribution in [2.24, 2.45) is 0 Å². The standard InChI is InChI=1S/C16H26N2O/c1-13-6-4-5-7-15(13)16(19)12-18(3)14-8-10-17(2)11-9-14/h4-7,14,16,19H,8-12H2,1-3H3. The minimum Gasteiger partial charge on any atom is -0.387 e. The summed E-state index contributed by atoms with van der Waals surface area (Å²) < 4.78 is 0. The lowest BCUT2D eigenvalue weighted by atomic mass is 10.0. The first-order chi connectivity index (χ1) is 9.08. The zero-order valence-corrected chi connectivity index (χ0v) is 12.3. The van der Waals surface area contributed by atoms with Crippen LogP contribution in [0.4, 0.5) is 0 Å². The number of benzene rings is 1. The van der Waals surface area contributed by atoms with Gasteiger partial charge in [0.25, 0.3) is 0 Å². The first-order valence-electron chi connectivity index (χ1n) is 7.20. The van der Waals surface area contributed by atoms with Crippen molar-refractivity contribution in [1.29, 1.82) is 0 Å². The molecule has 0 aromatic heterocycles. The Labute approximate surface area is 116 Å². The maximum Gasteiger partial charge on any atom is 0.0919 e. The molecule has 1 aliphatic rings. The molecule has 3 heteroatoms. The largest absolute Gasteiger partial charge is 0.387 e. The summed E-state index contributed by atoms with van der Waals surface area (Å²) in [6.07, 6.45) is 2.02. The van der Waals surface area contributed by atoms with Gasteiger partial charge < -0.3 is 14.9 Å². The number of aryl methyl sites for hydroxylation is 1. The molecule has 1 saturated heterocycles. The van der Waals surface area contributed by atoms with Gasteiger partial charge in [-0.3, -0.25) is 0 Å². The summed E-state index contributed by atoms with van der Waals surface area (Å²) in [7, 11) is 4.32. The van der Waals surface area contributed by atoms with Crippen molar-refractivity contribution in [1.82, 2.24) is 9.80 Å². The number of hydrogen-bond acceptors (Lipinski definition) is 3. The van der Waals surface area contributed by atoms with Crippen LogP contribution in [0, 0.1) is 6.92 Å². The average Bonchev–Trinajstić information content (AvgIpc) is 2.39. The Kier molecular flexibility index (Phi) is 4.97. The maximum atomic E-state index is 10.4. The molecule has 3 nitrogen and oxygen atoms in total. The lowest BCUT2D eigenvalue weighted by Gasteiger charge is -2.36. The molecule has 2 rings (SSSR count). The first-order valence-corrected chi connectivity index (χ1v) is 7.20. The van der Waals surface area contributed by atoms with Crippen molar-refractivity contribution in [3.05, 3.63) is 35.4 Å². The fourth-order valence-electron chi connectivity index (χ4n) is 2.92. The second kappa shape index (κ2) is 6.51. The summed E-state index contributed by atoms with van der Waals surface area (Å²) >= 11 is 0. The number of nitrogens with zero attached hydrogens (tertiary/aromatic N) is 2. The van der Waals surface area contributed by atoms with Crippen LogP contribution >= 0.6 is 0 Å². The van der Waals surface area contributed by atoms with Crippen molar-refractivity contribution in [3.8, 4) is 0 Å². The van der Waals surface area contributed by atoms with E-state index in [1.54, 1.807) is 0 Å². The SMILES string of the molecule is Cc1ccccc1C(O)CN(C)C1CCN(C)CC1. The molecule has 1 aliphatic heterocycles. The van der Waals surface area contributed by atoms with Crippen molar-refractivity contribution in [2.75, 3.05) is 33.7 Å². The fraction of sp³-hybridized carbons (Fsp3) is 0.625.